The predicted molar refractivity (Wildman–Crippen MR) is 178 cm³/mol. The number of benzene rings is 3. The van der Waals surface area contributed by atoms with Crippen molar-refractivity contribution in [3.8, 4) is 17.0 Å². The third-order valence-electron chi connectivity index (χ3n) is 8.31. The number of rotatable bonds is 6. The zero-order chi connectivity index (χ0) is 34.9. The summed E-state index contributed by atoms with van der Waals surface area (Å²) in [5.41, 5.74) is 5.32. The molecule has 0 saturated carbocycles. The summed E-state index contributed by atoms with van der Waals surface area (Å²) >= 11 is 4.72. The molecule has 3 aliphatic rings. The van der Waals surface area contributed by atoms with Gasteiger partial charge in [-0.15, -0.1) is 11.8 Å². The number of morpholine rings is 1. The van der Waals surface area contributed by atoms with Crippen LogP contribution in [0.25, 0.3) is 11.3 Å². The average molecular weight is 770 g/mol. The van der Waals surface area contributed by atoms with Gasteiger partial charge < -0.3 is 34.1 Å². The summed E-state index contributed by atoms with van der Waals surface area (Å²) in [6, 6.07) is 16.5. The Morgan fingerprint density at radius 2 is 1.96 bits per heavy atom. The Bertz CT molecular complexity index is 2110. The van der Waals surface area contributed by atoms with E-state index in [2.05, 4.69) is 31.2 Å². The van der Waals surface area contributed by atoms with Gasteiger partial charge in [0.15, 0.2) is 23.1 Å². The number of thioether (sulfide) groups is 1. The van der Waals surface area contributed by atoms with Gasteiger partial charge in [0.1, 0.15) is 11.5 Å². The highest BCUT2D eigenvalue weighted by molar-refractivity contribution is 9.10. The number of amides is 1. The zero-order valence-electron chi connectivity index (χ0n) is 26.2. The summed E-state index contributed by atoms with van der Waals surface area (Å²) in [5.74, 6) is -3.49. The molecule has 7 rings (SSSR count). The van der Waals surface area contributed by atoms with Crippen molar-refractivity contribution in [3.05, 3.63) is 110 Å². The topological polar surface area (TPSA) is 130 Å². The fraction of sp³-hybridized carbons (Fsp3) is 0.235. The monoisotopic (exact) mass is 768 g/mol. The van der Waals surface area contributed by atoms with Crippen LogP contribution in [0.4, 0.5) is 13.6 Å². The molecule has 12 nitrogen and oxygen atoms in total. The highest BCUT2D eigenvalue weighted by atomic mass is 79.9. The van der Waals surface area contributed by atoms with Gasteiger partial charge in [0.05, 0.1) is 31.6 Å². The average Bonchev–Trinajstić information content (AvgIpc) is 3.32. The van der Waals surface area contributed by atoms with Crippen LogP contribution in [-0.2, 0) is 31.2 Å². The lowest BCUT2D eigenvalue weighted by Crippen LogP contribution is -2.59. The molecule has 16 heteroatoms. The Hall–Kier alpha value is -4.93. The highest BCUT2D eigenvalue weighted by Gasteiger charge is 2.39. The fourth-order valence-corrected chi connectivity index (χ4v) is 7.46. The van der Waals surface area contributed by atoms with Gasteiger partial charge in [0, 0.05) is 32.8 Å². The number of carbonyl (C=O) groups excluding carboxylic acids is 3. The smallest absolute Gasteiger partial charge is 0.452 e. The van der Waals surface area contributed by atoms with E-state index in [-0.39, 0.29) is 71.1 Å². The van der Waals surface area contributed by atoms with Gasteiger partial charge in [-0.25, -0.2) is 23.0 Å². The van der Waals surface area contributed by atoms with Crippen LogP contribution in [0.15, 0.2) is 75.2 Å². The molecule has 1 fully saturated rings. The number of hydrogen-bond donors (Lipinski definition) is 1. The van der Waals surface area contributed by atoms with E-state index in [1.165, 1.54) is 39.5 Å². The molecule has 0 spiro atoms. The van der Waals surface area contributed by atoms with Crippen molar-refractivity contribution in [1.29, 1.82) is 0 Å². The third kappa shape index (κ3) is 6.41. The molecule has 1 aromatic heterocycles. The standard InChI is InChI=1S/C34H27BrF2N4O8S/c1-45-34(44)48-17-47-31-25(39-49-33(43)19-6-4-7-20(35)11-19)14-26(41-30(31)32(42)40-9-10-46-15-28(40)38-41)22-13-24(36)29(37)23-16-50-27-8-3-2-5-18(27)12-21(22)23/h2-8,11,13-14,28,38H,9-10,12,15-17H2,1H3/b39-25+/t28-/m0/s1. The number of methoxy groups -OCH3 is 1. The van der Waals surface area contributed by atoms with Crippen LogP contribution >= 0.6 is 27.7 Å². The Balaban J connectivity index is 1.46. The largest absolute Gasteiger partial charge is 0.510 e. The van der Waals surface area contributed by atoms with Crippen molar-refractivity contribution < 1.29 is 46.9 Å². The minimum Gasteiger partial charge on any atom is -0.452 e. The van der Waals surface area contributed by atoms with Crippen molar-refractivity contribution in [3.63, 3.8) is 0 Å². The van der Waals surface area contributed by atoms with E-state index < -0.39 is 42.6 Å². The first kappa shape index (κ1) is 33.6. The highest BCUT2D eigenvalue weighted by Crippen LogP contribution is 2.41. The van der Waals surface area contributed by atoms with E-state index in [0.717, 1.165) is 23.6 Å². The maximum absolute atomic E-state index is 15.5. The first-order valence-corrected chi connectivity index (χ1v) is 17.0. The van der Waals surface area contributed by atoms with Crippen molar-refractivity contribution in [2.75, 3.05) is 39.1 Å². The molecule has 0 bridgehead atoms. The second kappa shape index (κ2) is 14.1. The van der Waals surface area contributed by atoms with Crippen LogP contribution in [-0.4, -0.2) is 67.4 Å². The first-order valence-electron chi connectivity index (χ1n) is 15.2. The molecule has 1 amide bonds. The van der Waals surface area contributed by atoms with E-state index in [0.29, 0.717) is 10.0 Å². The van der Waals surface area contributed by atoms with Crippen molar-refractivity contribution in [1.82, 2.24) is 9.58 Å². The second-order valence-corrected chi connectivity index (χ2v) is 13.2. The zero-order valence-corrected chi connectivity index (χ0v) is 28.6. The van der Waals surface area contributed by atoms with Gasteiger partial charge in [-0.2, -0.15) is 0 Å². The van der Waals surface area contributed by atoms with Crippen LogP contribution in [0.1, 0.15) is 37.5 Å². The lowest BCUT2D eigenvalue weighted by atomic mass is 9.92. The van der Waals surface area contributed by atoms with Gasteiger partial charge in [0.25, 0.3) is 5.91 Å². The van der Waals surface area contributed by atoms with Crippen LogP contribution in [0, 0.1) is 11.6 Å². The molecular formula is C34H27BrF2N4O8S. The van der Waals surface area contributed by atoms with E-state index in [1.54, 1.807) is 12.1 Å². The van der Waals surface area contributed by atoms with Crippen molar-refractivity contribution in [2.24, 2.45) is 5.16 Å². The van der Waals surface area contributed by atoms with Gasteiger partial charge in [-0.05, 0) is 53.9 Å². The summed E-state index contributed by atoms with van der Waals surface area (Å²) < 4.78 is 54.1. The lowest BCUT2D eigenvalue weighted by molar-refractivity contribution is -0.00490. The molecule has 0 unspecified atom stereocenters. The van der Waals surface area contributed by atoms with E-state index in [9.17, 15) is 14.4 Å². The molecule has 3 aliphatic heterocycles. The molecular weight excluding hydrogens is 742 g/mol. The Morgan fingerprint density at radius 1 is 1.12 bits per heavy atom. The lowest BCUT2D eigenvalue weighted by Gasteiger charge is -2.42. The van der Waals surface area contributed by atoms with Gasteiger partial charge in [-0.1, -0.05) is 45.4 Å². The molecule has 1 saturated heterocycles. The Labute approximate surface area is 296 Å². The minimum absolute atomic E-state index is 0.131. The summed E-state index contributed by atoms with van der Waals surface area (Å²) in [4.78, 5) is 47.0. The van der Waals surface area contributed by atoms with Crippen LogP contribution in [0.5, 0.6) is 5.75 Å². The number of carbonyl (C=O) groups is 3. The van der Waals surface area contributed by atoms with Gasteiger partial charge >= 0.3 is 12.1 Å². The maximum atomic E-state index is 15.5. The normalized spacial score (nSPS) is 16.6. The number of nitrogens with one attached hydrogen (secondary N) is 1. The first-order chi connectivity index (χ1) is 24.2. The number of halogens is 3. The van der Waals surface area contributed by atoms with E-state index >= 15 is 8.78 Å². The number of hydrogen-bond acceptors (Lipinski definition) is 11. The fourth-order valence-electron chi connectivity index (χ4n) is 5.96. The molecule has 4 heterocycles. The third-order valence-corrected chi connectivity index (χ3v) is 9.95. The molecule has 4 aromatic rings. The quantitative estimate of drug-likeness (QED) is 0.116. The van der Waals surface area contributed by atoms with Gasteiger partial charge in [-0.3, -0.25) is 4.79 Å². The molecule has 258 valence electrons. The molecule has 0 radical (unpaired) electrons. The van der Waals surface area contributed by atoms with Crippen molar-refractivity contribution >= 4 is 45.7 Å². The summed E-state index contributed by atoms with van der Waals surface area (Å²) in [6.07, 6.45) is -1.44. The Kier molecular flexibility index (Phi) is 9.48. The SMILES string of the molecule is COC(=O)OCOc1c2n(c(-c3cc(F)c(F)c4c3Cc3ccccc3SC4)c/c1=N\OC(=O)c1cccc(Br)c1)N[C@@H]1COCCN1C2=O. The second-order valence-electron chi connectivity index (χ2n) is 11.2. The molecule has 50 heavy (non-hydrogen) atoms. The number of ether oxygens (including phenoxy) is 4. The van der Waals surface area contributed by atoms with Crippen LogP contribution in [0.3, 0.4) is 0 Å². The van der Waals surface area contributed by atoms with Gasteiger partial charge in [0.2, 0.25) is 6.79 Å². The molecule has 0 aliphatic carbocycles. The Morgan fingerprint density at radius 3 is 2.78 bits per heavy atom. The molecule has 1 atom stereocenters. The molecule has 1 N–H and O–H groups in total. The maximum Gasteiger partial charge on any atom is 0.510 e. The minimum atomic E-state index is -1.09. The molecule has 3 aromatic carbocycles. The summed E-state index contributed by atoms with van der Waals surface area (Å²) in [5, 5.41) is 3.93. The number of aromatic nitrogens is 1. The van der Waals surface area contributed by atoms with Crippen LogP contribution in [0.2, 0.25) is 0 Å². The number of nitrogens with zero attached hydrogens (tertiary/aromatic N) is 3. The van der Waals surface area contributed by atoms with E-state index in [1.807, 2.05) is 24.3 Å². The summed E-state index contributed by atoms with van der Waals surface area (Å²) in [6.45, 7) is -0.0939. The number of fused-ring (bicyclic) bond motifs is 4. The predicted octanol–water partition coefficient (Wildman–Crippen LogP) is 5.54. The number of pyridine rings is 1. The van der Waals surface area contributed by atoms with Crippen molar-refractivity contribution in [2.45, 2.75) is 23.2 Å². The van der Waals surface area contributed by atoms with Crippen LogP contribution < -0.4 is 15.5 Å². The summed E-state index contributed by atoms with van der Waals surface area (Å²) in [7, 11) is 1.12. The van der Waals surface area contributed by atoms with E-state index in [4.69, 9.17) is 19.0 Å².